The summed E-state index contributed by atoms with van der Waals surface area (Å²) >= 11 is 0. The smallest absolute Gasteiger partial charge is 0.240 e. The lowest BCUT2D eigenvalue weighted by molar-refractivity contribution is 0.537. The summed E-state index contributed by atoms with van der Waals surface area (Å²) in [5, 5.41) is 15.5. The van der Waals surface area contributed by atoms with Gasteiger partial charge in [0.25, 0.3) is 0 Å². The van der Waals surface area contributed by atoms with Crippen molar-refractivity contribution in [2.45, 2.75) is 13.5 Å². The summed E-state index contributed by atoms with van der Waals surface area (Å²) < 4.78 is 5.23. The molecule has 2 aromatic heterocycles. The summed E-state index contributed by atoms with van der Waals surface area (Å²) in [6.07, 6.45) is 1.59. The van der Waals surface area contributed by atoms with Crippen LogP contribution in [0.5, 0.6) is 0 Å². The SMILES string of the molecule is Cc1cccc(NCCn2nnc(-c3ccco3)n2)c1. The zero-order chi connectivity index (χ0) is 13.8. The van der Waals surface area contributed by atoms with Crippen molar-refractivity contribution in [3.8, 4) is 11.6 Å². The Labute approximate surface area is 116 Å². The first kappa shape index (κ1) is 12.4. The zero-order valence-corrected chi connectivity index (χ0v) is 11.2. The molecule has 0 aliphatic heterocycles. The van der Waals surface area contributed by atoms with Crippen LogP contribution in [0.25, 0.3) is 11.6 Å². The molecule has 0 amide bonds. The molecule has 3 rings (SSSR count). The topological polar surface area (TPSA) is 68.8 Å². The third-order valence-corrected chi connectivity index (χ3v) is 2.85. The molecule has 102 valence electrons. The van der Waals surface area contributed by atoms with E-state index in [4.69, 9.17) is 4.42 Å². The van der Waals surface area contributed by atoms with Crippen LogP contribution in [0.15, 0.2) is 47.1 Å². The van der Waals surface area contributed by atoms with Gasteiger partial charge in [-0.25, -0.2) is 0 Å². The number of rotatable bonds is 5. The van der Waals surface area contributed by atoms with Crippen LogP contribution >= 0.6 is 0 Å². The van der Waals surface area contributed by atoms with Crippen LogP contribution in [0.2, 0.25) is 0 Å². The van der Waals surface area contributed by atoms with Crippen molar-refractivity contribution < 1.29 is 4.42 Å². The van der Waals surface area contributed by atoms with Gasteiger partial charge in [0, 0.05) is 12.2 Å². The van der Waals surface area contributed by atoms with E-state index >= 15 is 0 Å². The van der Waals surface area contributed by atoms with Crippen LogP contribution in [0.4, 0.5) is 5.69 Å². The van der Waals surface area contributed by atoms with Crippen molar-refractivity contribution >= 4 is 5.69 Å². The lowest BCUT2D eigenvalue weighted by atomic mass is 10.2. The molecule has 0 saturated carbocycles. The predicted molar refractivity (Wildman–Crippen MR) is 75.2 cm³/mol. The Morgan fingerprint density at radius 2 is 2.20 bits per heavy atom. The van der Waals surface area contributed by atoms with E-state index in [0.29, 0.717) is 18.1 Å². The van der Waals surface area contributed by atoms with Gasteiger partial charge in [-0.05, 0) is 42.0 Å². The first-order valence-electron chi connectivity index (χ1n) is 6.43. The maximum atomic E-state index is 5.23. The van der Waals surface area contributed by atoms with Crippen molar-refractivity contribution in [3.63, 3.8) is 0 Å². The van der Waals surface area contributed by atoms with Gasteiger partial charge in [0.1, 0.15) is 0 Å². The predicted octanol–water partition coefficient (Wildman–Crippen LogP) is 2.35. The van der Waals surface area contributed by atoms with E-state index in [0.717, 1.165) is 12.2 Å². The third-order valence-electron chi connectivity index (χ3n) is 2.85. The van der Waals surface area contributed by atoms with E-state index < -0.39 is 0 Å². The molecule has 6 nitrogen and oxygen atoms in total. The highest BCUT2D eigenvalue weighted by atomic mass is 16.3. The van der Waals surface area contributed by atoms with Crippen LogP contribution < -0.4 is 5.32 Å². The Morgan fingerprint density at radius 1 is 1.25 bits per heavy atom. The molecule has 0 bridgehead atoms. The minimum Gasteiger partial charge on any atom is -0.461 e. The van der Waals surface area contributed by atoms with Crippen molar-refractivity contribution in [2.75, 3.05) is 11.9 Å². The molecule has 3 aromatic rings. The maximum absolute atomic E-state index is 5.23. The molecule has 0 radical (unpaired) electrons. The van der Waals surface area contributed by atoms with Crippen LogP contribution in [0.3, 0.4) is 0 Å². The first-order valence-corrected chi connectivity index (χ1v) is 6.43. The molecule has 0 atom stereocenters. The molecule has 1 aromatic carbocycles. The molecule has 2 heterocycles. The lowest BCUT2D eigenvalue weighted by Gasteiger charge is -2.05. The summed E-state index contributed by atoms with van der Waals surface area (Å²) in [6.45, 7) is 3.44. The molecule has 0 fully saturated rings. The van der Waals surface area contributed by atoms with Crippen LogP contribution in [0, 0.1) is 6.92 Å². The third kappa shape index (κ3) is 2.85. The van der Waals surface area contributed by atoms with E-state index in [1.807, 2.05) is 18.2 Å². The van der Waals surface area contributed by atoms with Crippen molar-refractivity contribution in [2.24, 2.45) is 0 Å². The summed E-state index contributed by atoms with van der Waals surface area (Å²) in [4.78, 5) is 1.56. The fourth-order valence-electron chi connectivity index (χ4n) is 1.90. The average Bonchev–Trinajstić information content (AvgIpc) is 3.09. The maximum Gasteiger partial charge on any atom is 0.240 e. The summed E-state index contributed by atoms with van der Waals surface area (Å²) in [7, 11) is 0. The van der Waals surface area contributed by atoms with Gasteiger partial charge in [0.15, 0.2) is 5.76 Å². The lowest BCUT2D eigenvalue weighted by Crippen LogP contribution is -2.13. The molecule has 0 unspecified atom stereocenters. The molecule has 20 heavy (non-hydrogen) atoms. The summed E-state index contributed by atoms with van der Waals surface area (Å²) in [6, 6.07) is 11.8. The van der Waals surface area contributed by atoms with Gasteiger partial charge in [-0.3, -0.25) is 0 Å². The summed E-state index contributed by atoms with van der Waals surface area (Å²) in [5.41, 5.74) is 2.32. The van der Waals surface area contributed by atoms with Crippen molar-refractivity contribution in [3.05, 3.63) is 48.2 Å². The molecule has 0 aliphatic carbocycles. The Hall–Kier alpha value is -2.63. The number of nitrogens with zero attached hydrogens (tertiary/aromatic N) is 4. The summed E-state index contributed by atoms with van der Waals surface area (Å²) in [5.74, 6) is 1.13. The molecule has 0 spiro atoms. The Morgan fingerprint density at radius 3 is 3.00 bits per heavy atom. The van der Waals surface area contributed by atoms with E-state index in [2.05, 4.69) is 39.8 Å². The van der Waals surface area contributed by atoms with Gasteiger partial charge >= 0.3 is 0 Å². The second-order valence-corrected chi connectivity index (χ2v) is 4.48. The number of hydrogen-bond acceptors (Lipinski definition) is 5. The Bertz CT molecular complexity index is 674. The second kappa shape index (κ2) is 5.56. The van der Waals surface area contributed by atoms with Gasteiger partial charge in [-0.2, -0.15) is 4.80 Å². The molecule has 0 aliphatic rings. The number of aryl methyl sites for hydroxylation is 1. The number of anilines is 1. The van der Waals surface area contributed by atoms with Gasteiger partial charge in [0.05, 0.1) is 12.8 Å². The number of aromatic nitrogens is 4. The Balaban J connectivity index is 1.57. The van der Waals surface area contributed by atoms with Gasteiger partial charge in [-0.15, -0.1) is 10.2 Å². The van der Waals surface area contributed by atoms with E-state index in [9.17, 15) is 0 Å². The fraction of sp³-hybridized carbons (Fsp3) is 0.214. The second-order valence-electron chi connectivity index (χ2n) is 4.48. The van der Waals surface area contributed by atoms with Crippen LogP contribution in [-0.2, 0) is 6.54 Å². The highest BCUT2D eigenvalue weighted by molar-refractivity contribution is 5.45. The number of benzene rings is 1. The highest BCUT2D eigenvalue weighted by Crippen LogP contribution is 2.13. The van der Waals surface area contributed by atoms with E-state index in [1.54, 1.807) is 17.1 Å². The van der Waals surface area contributed by atoms with Gasteiger partial charge in [-0.1, -0.05) is 12.1 Å². The van der Waals surface area contributed by atoms with Crippen molar-refractivity contribution in [1.82, 2.24) is 20.2 Å². The normalized spacial score (nSPS) is 10.7. The fourth-order valence-corrected chi connectivity index (χ4v) is 1.90. The molecule has 0 saturated heterocycles. The van der Waals surface area contributed by atoms with Crippen LogP contribution in [-0.4, -0.2) is 26.8 Å². The average molecular weight is 269 g/mol. The van der Waals surface area contributed by atoms with Gasteiger partial charge in [0.2, 0.25) is 5.82 Å². The zero-order valence-electron chi connectivity index (χ0n) is 11.2. The highest BCUT2D eigenvalue weighted by Gasteiger charge is 2.07. The van der Waals surface area contributed by atoms with E-state index in [-0.39, 0.29) is 0 Å². The quantitative estimate of drug-likeness (QED) is 0.770. The number of hydrogen-bond donors (Lipinski definition) is 1. The van der Waals surface area contributed by atoms with E-state index in [1.165, 1.54) is 5.56 Å². The number of nitrogens with one attached hydrogen (secondary N) is 1. The first-order chi connectivity index (χ1) is 9.81. The number of furan rings is 1. The van der Waals surface area contributed by atoms with Gasteiger partial charge < -0.3 is 9.73 Å². The molecule has 6 heteroatoms. The molecule has 1 N–H and O–H groups in total. The minimum absolute atomic E-state index is 0.505. The largest absolute Gasteiger partial charge is 0.461 e. The number of tetrazole rings is 1. The molecular weight excluding hydrogens is 254 g/mol. The minimum atomic E-state index is 0.505. The Kier molecular flexibility index (Phi) is 3.45. The molecular formula is C14H15N5O. The van der Waals surface area contributed by atoms with Crippen LogP contribution in [0.1, 0.15) is 5.56 Å². The standard InChI is InChI=1S/C14H15N5O/c1-11-4-2-5-12(10-11)15-7-8-19-17-14(16-18-19)13-6-3-9-20-13/h2-6,9-10,15H,7-8H2,1H3. The van der Waals surface area contributed by atoms with Crippen molar-refractivity contribution in [1.29, 1.82) is 0 Å². The monoisotopic (exact) mass is 269 g/mol.